The highest BCUT2D eigenvalue weighted by Gasteiger charge is 2.13. The normalized spacial score (nSPS) is 10.7. The first-order valence-corrected chi connectivity index (χ1v) is 10.1. The summed E-state index contributed by atoms with van der Waals surface area (Å²) in [5.41, 5.74) is 2.32. The van der Waals surface area contributed by atoms with Gasteiger partial charge in [-0.3, -0.25) is 9.52 Å². The maximum atomic E-state index is 12.4. The molecule has 0 radical (unpaired) electrons. The molecule has 0 fully saturated rings. The van der Waals surface area contributed by atoms with Crippen LogP contribution in [0.4, 0.5) is 11.4 Å². The number of anilines is 2. The molecular weight excluding hydrogens is 374 g/mol. The molecule has 140 valence electrons. The summed E-state index contributed by atoms with van der Waals surface area (Å²) in [6.45, 7) is 0. The highest BCUT2D eigenvalue weighted by atomic mass is 32.2. The van der Waals surface area contributed by atoms with Gasteiger partial charge >= 0.3 is 0 Å². The lowest BCUT2D eigenvalue weighted by Crippen LogP contribution is -2.16. The number of nitrogens with one attached hydrogen (secondary N) is 2. The van der Waals surface area contributed by atoms with E-state index >= 15 is 0 Å². The predicted molar refractivity (Wildman–Crippen MR) is 108 cm³/mol. The zero-order chi connectivity index (χ0) is 20.0. The van der Waals surface area contributed by atoms with Gasteiger partial charge < -0.3 is 5.32 Å². The Labute approximate surface area is 163 Å². The van der Waals surface area contributed by atoms with Gasteiger partial charge in [-0.15, -0.1) is 0 Å². The molecule has 7 heteroatoms. The van der Waals surface area contributed by atoms with E-state index in [2.05, 4.69) is 10.0 Å². The second-order valence-corrected chi connectivity index (χ2v) is 7.79. The molecule has 0 saturated carbocycles. The molecule has 0 aliphatic heterocycles. The number of nitrogens with zero attached hydrogens (tertiary/aromatic N) is 1. The zero-order valence-electron chi connectivity index (χ0n) is 14.8. The van der Waals surface area contributed by atoms with Crippen molar-refractivity contribution in [2.45, 2.75) is 5.75 Å². The number of nitriles is 1. The molecule has 0 aliphatic rings. The smallest absolute Gasteiger partial charge is 0.255 e. The average molecular weight is 391 g/mol. The quantitative estimate of drug-likeness (QED) is 0.668. The van der Waals surface area contributed by atoms with Crippen LogP contribution in [0, 0.1) is 11.3 Å². The molecule has 0 unspecified atom stereocenters. The van der Waals surface area contributed by atoms with Crippen molar-refractivity contribution < 1.29 is 13.2 Å². The van der Waals surface area contributed by atoms with Crippen LogP contribution < -0.4 is 10.0 Å². The van der Waals surface area contributed by atoms with E-state index in [0.717, 1.165) is 0 Å². The van der Waals surface area contributed by atoms with Crippen molar-refractivity contribution in [3.05, 3.63) is 95.6 Å². The number of hydrogen-bond acceptors (Lipinski definition) is 4. The molecule has 0 heterocycles. The van der Waals surface area contributed by atoms with Crippen LogP contribution in [0.5, 0.6) is 0 Å². The first-order valence-electron chi connectivity index (χ1n) is 8.41. The highest BCUT2D eigenvalue weighted by molar-refractivity contribution is 7.91. The van der Waals surface area contributed by atoms with E-state index in [1.54, 1.807) is 66.7 Å². The van der Waals surface area contributed by atoms with E-state index in [0.29, 0.717) is 28.1 Å². The highest BCUT2D eigenvalue weighted by Crippen LogP contribution is 2.17. The largest absolute Gasteiger partial charge is 0.322 e. The van der Waals surface area contributed by atoms with Gasteiger partial charge in [-0.05, 0) is 48.0 Å². The first kappa shape index (κ1) is 19.1. The van der Waals surface area contributed by atoms with Crippen LogP contribution in [0.25, 0.3) is 0 Å². The predicted octanol–water partition coefficient (Wildman–Crippen LogP) is 3.75. The Morgan fingerprint density at radius 3 is 2.29 bits per heavy atom. The van der Waals surface area contributed by atoms with Crippen molar-refractivity contribution in [2.75, 3.05) is 10.0 Å². The summed E-state index contributed by atoms with van der Waals surface area (Å²) in [6.07, 6.45) is 0. The molecule has 0 bridgehead atoms. The Morgan fingerprint density at radius 1 is 0.893 bits per heavy atom. The Morgan fingerprint density at radius 2 is 1.61 bits per heavy atom. The summed E-state index contributed by atoms with van der Waals surface area (Å²) >= 11 is 0. The van der Waals surface area contributed by atoms with Gasteiger partial charge in [0, 0.05) is 16.9 Å². The van der Waals surface area contributed by atoms with Crippen LogP contribution in [0.2, 0.25) is 0 Å². The molecule has 3 aromatic carbocycles. The molecule has 0 aromatic heterocycles. The van der Waals surface area contributed by atoms with Crippen molar-refractivity contribution in [3.63, 3.8) is 0 Å². The third-order valence-electron chi connectivity index (χ3n) is 3.87. The molecule has 0 atom stereocenters. The van der Waals surface area contributed by atoms with E-state index in [1.165, 1.54) is 6.07 Å². The van der Waals surface area contributed by atoms with E-state index in [-0.39, 0.29) is 11.7 Å². The Hall–Kier alpha value is -3.63. The number of carbonyl (C=O) groups excluding carboxylic acids is 1. The van der Waals surface area contributed by atoms with Gasteiger partial charge in [-0.25, -0.2) is 8.42 Å². The number of sulfonamides is 1. The second kappa shape index (κ2) is 8.37. The molecule has 28 heavy (non-hydrogen) atoms. The van der Waals surface area contributed by atoms with E-state index in [9.17, 15) is 13.2 Å². The van der Waals surface area contributed by atoms with Crippen molar-refractivity contribution in [3.8, 4) is 6.07 Å². The topological polar surface area (TPSA) is 99.1 Å². The van der Waals surface area contributed by atoms with Gasteiger partial charge in [-0.1, -0.05) is 36.4 Å². The third kappa shape index (κ3) is 5.19. The third-order valence-corrected chi connectivity index (χ3v) is 5.13. The summed E-state index contributed by atoms with van der Waals surface area (Å²) in [5, 5.41) is 11.5. The van der Waals surface area contributed by atoms with Crippen molar-refractivity contribution in [1.82, 2.24) is 0 Å². The second-order valence-electron chi connectivity index (χ2n) is 6.07. The molecular formula is C21H17N3O3S. The summed E-state index contributed by atoms with van der Waals surface area (Å²) in [5.74, 6) is -0.538. The lowest BCUT2D eigenvalue weighted by atomic mass is 10.1. The van der Waals surface area contributed by atoms with Crippen LogP contribution in [-0.2, 0) is 15.8 Å². The minimum absolute atomic E-state index is 0.157. The van der Waals surface area contributed by atoms with Gasteiger partial charge in [0.1, 0.15) is 0 Å². The molecule has 2 N–H and O–H groups in total. The fourth-order valence-corrected chi connectivity index (χ4v) is 3.75. The number of rotatable bonds is 6. The van der Waals surface area contributed by atoms with Crippen molar-refractivity contribution >= 4 is 27.3 Å². The van der Waals surface area contributed by atoms with Crippen LogP contribution in [-0.4, -0.2) is 14.3 Å². The minimum Gasteiger partial charge on any atom is -0.322 e. The SMILES string of the molecule is N#Cc1ccc(NC(=O)c2cccc(NS(=O)(=O)Cc3ccccc3)c2)cc1. The lowest BCUT2D eigenvalue weighted by molar-refractivity contribution is 0.102. The van der Waals surface area contributed by atoms with Crippen molar-refractivity contribution in [1.29, 1.82) is 5.26 Å². The summed E-state index contributed by atoms with van der Waals surface area (Å²) in [4.78, 5) is 12.4. The summed E-state index contributed by atoms with van der Waals surface area (Å²) in [7, 11) is -3.61. The molecule has 1 amide bonds. The number of hydrogen-bond donors (Lipinski definition) is 2. The average Bonchev–Trinajstić information content (AvgIpc) is 2.69. The maximum Gasteiger partial charge on any atom is 0.255 e. The monoisotopic (exact) mass is 391 g/mol. The lowest BCUT2D eigenvalue weighted by Gasteiger charge is -2.10. The first-order chi connectivity index (χ1) is 13.4. The van der Waals surface area contributed by atoms with Gasteiger partial charge in [0.2, 0.25) is 10.0 Å². The minimum atomic E-state index is -3.61. The van der Waals surface area contributed by atoms with E-state index < -0.39 is 10.0 Å². The van der Waals surface area contributed by atoms with Crippen LogP contribution in [0.15, 0.2) is 78.9 Å². The van der Waals surface area contributed by atoms with Gasteiger partial charge in [-0.2, -0.15) is 5.26 Å². The van der Waals surface area contributed by atoms with Gasteiger partial charge in [0.15, 0.2) is 0 Å². The Bertz CT molecular complexity index is 1120. The molecule has 3 rings (SSSR count). The van der Waals surface area contributed by atoms with Crippen molar-refractivity contribution in [2.24, 2.45) is 0 Å². The fourth-order valence-electron chi connectivity index (χ4n) is 2.56. The Balaban J connectivity index is 1.70. The van der Waals surface area contributed by atoms with E-state index in [4.69, 9.17) is 5.26 Å². The zero-order valence-corrected chi connectivity index (χ0v) is 15.6. The molecule has 0 aliphatic carbocycles. The van der Waals surface area contributed by atoms with Gasteiger partial charge in [0.25, 0.3) is 5.91 Å². The van der Waals surface area contributed by atoms with E-state index in [1.807, 2.05) is 12.1 Å². The van der Waals surface area contributed by atoms with Crippen LogP contribution >= 0.6 is 0 Å². The van der Waals surface area contributed by atoms with Crippen LogP contribution in [0.3, 0.4) is 0 Å². The summed E-state index contributed by atoms with van der Waals surface area (Å²) in [6, 6.07) is 23.6. The van der Waals surface area contributed by atoms with Gasteiger partial charge in [0.05, 0.1) is 17.4 Å². The summed E-state index contributed by atoms with van der Waals surface area (Å²) < 4.78 is 27.2. The molecule has 6 nitrogen and oxygen atoms in total. The molecule has 3 aromatic rings. The molecule has 0 saturated heterocycles. The molecule has 0 spiro atoms. The maximum absolute atomic E-state index is 12.4. The number of carbonyl (C=O) groups is 1. The Kier molecular flexibility index (Phi) is 5.72. The number of benzene rings is 3. The standard InChI is InChI=1S/C21H17N3O3S/c22-14-16-9-11-19(12-10-16)23-21(25)18-7-4-8-20(13-18)24-28(26,27)15-17-5-2-1-3-6-17/h1-13,24H,15H2,(H,23,25). The fraction of sp³-hybridized carbons (Fsp3) is 0.0476. The van der Waals surface area contributed by atoms with Crippen LogP contribution in [0.1, 0.15) is 21.5 Å². The number of amides is 1.